The van der Waals surface area contributed by atoms with E-state index in [1.54, 1.807) is 6.07 Å². The Bertz CT molecular complexity index is 826. The van der Waals surface area contributed by atoms with Gasteiger partial charge in [-0.3, -0.25) is 0 Å². The predicted molar refractivity (Wildman–Crippen MR) is 91.1 cm³/mol. The van der Waals surface area contributed by atoms with Crippen molar-refractivity contribution in [2.45, 2.75) is 13.5 Å². The molecule has 1 heterocycles. The molecule has 0 saturated carbocycles. The van der Waals surface area contributed by atoms with E-state index >= 15 is 0 Å². The number of ether oxygens (including phenoxy) is 1. The van der Waals surface area contributed by atoms with Crippen LogP contribution >= 0.6 is 0 Å². The molecular formula is C19H18N2O3. The molecule has 0 aliphatic carbocycles. The maximum Gasteiger partial charge on any atom is 0.139 e. The van der Waals surface area contributed by atoms with E-state index in [0.29, 0.717) is 18.0 Å². The van der Waals surface area contributed by atoms with E-state index in [4.69, 9.17) is 14.1 Å². The molecule has 122 valence electrons. The molecule has 24 heavy (non-hydrogen) atoms. The van der Waals surface area contributed by atoms with Gasteiger partial charge in [0.05, 0.1) is 0 Å². The van der Waals surface area contributed by atoms with Crippen molar-refractivity contribution in [3.63, 3.8) is 0 Å². The average molecular weight is 322 g/mol. The first-order valence-electron chi connectivity index (χ1n) is 7.57. The van der Waals surface area contributed by atoms with Crippen molar-refractivity contribution in [3.8, 4) is 5.75 Å². The maximum absolute atomic E-state index is 5.92. The van der Waals surface area contributed by atoms with Crippen LogP contribution in [0, 0.1) is 6.92 Å². The highest BCUT2D eigenvalue weighted by Gasteiger charge is 2.15. The van der Waals surface area contributed by atoms with Gasteiger partial charge in [0.1, 0.15) is 37.1 Å². The lowest BCUT2D eigenvalue weighted by Gasteiger charge is -2.12. The smallest absolute Gasteiger partial charge is 0.139 e. The summed E-state index contributed by atoms with van der Waals surface area (Å²) >= 11 is 0. The van der Waals surface area contributed by atoms with Gasteiger partial charge in [0.15, 0.2) is 0 Å². The Hall–Kier alpha value is -3.08. The number of benzene rings is 2. The summed E-state index contributed by atoms with van der Waals surface area (Å²) in [5.41, 5.74) is 4.25. The van der Waals surface area contributed by atoms with Gasteiger partial charge in [0, 0.05) is 11.6 Å². The predicted octanol–water partition coefficient (Wildman–Crippen LogP) is 3.96. The molecule has 2 aromatic carbocycles. The number of aryl methyl sites for hydroxylation is 1. The first kappa shape index (κ1) is 15.8. The zero-order valence-corrected chi connectivity index (χ0v) is 13.6. The van der Waals surface area contributed by atoms with Crippen LogP contribution in [0.25, 0.3) is 0 Å². The molecular weight excluding hydrogens is 304 g/mol. The van der Waals surface area contributed by atoms with Crippen LogP contribution in [-0.4, -0.2) is 18.0 Å². The topological polar surface area (TPSA) is 56.9 Å². The summed E-state index contributed by atoms with van der Waals surface area (Å²) in [5, 5.41) is 8.06. The van der Waals surface area contributed by atoms with Crippen LogP contribution < -0.4 is 4.74 Å². The minimum Gasteiger partial charge on any atom is -0.489 e. The second-order valence-corrected chi connectivity index (χ2v) is 5.27. The number of aromatic nitrogens is 1. The van der Waals surface area contributed by atoms with Gasteiger partial charge in [-0.05, 0) is 30.2 Å². The van der Waals surface area contributed by atoms with Crippen molar-refractivity contribution >= 4 is 5.71 Å². The highest BCUT2D eigenvalue weighted by atomic mass is 16.6. The summed E-state index contributed by atoms with van der Waals surface area (Å²) in [6.07, 6.45) is 1.51. The molecule has 0 unspecified atom stereocenters. The number of hydrogen-bond donors (Lipinski definition) is 0. The van der Waals surface area contributed by atoms with E-state index in [1.807, 2.05) is 55.5 Å². The maximum atomic E-state index is 5.92. The molecule has 1 aromatic heterocycles. The van der Waals surface area contributed by atoms with Gasteiger partial charge in [-0.15, -0.1) is 0 Å². The Morgan fingerprint density at radius 1 is 1.12 bits per heavy atom. The van der Waals surface area contributed by atoms with Crippen molar-refractivity contribution < 1.29 is 14.1 Å². The van der Waals surface area contributed by atoms with Crippen molar-refractivity contribution in [3.05, 3.63) is 83.2 Å². The normalized spacial score (nSPS) is 11.3. The second kappa shape index (κ2) is 7.46. The van der Waals surface area contributed by atoms with Gasteiger partial charge >= 0.3 is 0 Å². The van der Waals surface area contributed by atoms with E-state index in [9.17, 15) is 0 Å². The van der Waals surface area contributed by atoms with E-state index in [-0.39, 0.29) is 0 Å². The second-order valence-electron chi connectivity index (χ2n) is 5.27. The standard InChI is InChI=1S/C19H18N2O3/c1-14-6-5-8-16(12-14)23-13-15-7-3-4-9-17(15)19(21-22-2)18-10-11-24-20-18/h3-12H,13H2,1-2H3/b21-19-. The van der Waals surface area contributed by atoms with Gasteiger partial charge in [0.2, 0.25) is 0 Å². The van der Waals surface area contributed by atoms with E-state index < -0.39 is 0 Å². The third-order valence-corrected chi connectivity index (χ3v) is 3.52. The van der Waals surface area contributed by atoms with E-state index in [2.05, 4.69) is 10.3 Å². The molecule has 0 N–H and O–H groups in total. The zero-order chi connectivity index (χ0) is 16.8. The molecule has 0 bridgehead atoms. The molecule has 0 fully saturated rings. The monoisotopic (exact) mass is 322 g/mol. The number of rotatable bonds is 6. The number of oxime groups is 1. The molecule has 5 nitrogen and oxygen atoms in total. The summed E-state index contributed by atoms with van der Waals surface area (Å²) in [5.74, 6) is 0.830. The summed E-state index contributed by atoms with van der Waals surface area (Å²) in [7, 11) is 1.51. The Labute approximate surface area is 140 Å². The molecule has 0 saturated heterocycles. The Kier molecular flexibility index (Phi) is 4.91. The van der Waals surface area contributed by atoms with Crippen LogP contribution in [0.15, 0.2) is 70.5 Å². The fourth-order valence-corrected chi connectivity index (χ4v) is 2.40. The van der Waals surface area contributed by atoms with Crippen molar-refractivity contribution in [2.75, 3.05) is 7.11 Å². The first-order chi connectivity index (χ1) is 11.8. The largest absolute Gasteiger partial charge is 0.489 e. The molecule has 0 aliphatic rings. The molecule has 0 amide bonds. The lowest BCUT2D eigenvalue weighted by Crippen LogP contribution is -2.10. The van der Waals surface area contributed by atoms with Crippen molar-refractivity contribution in [2.24, 2.45) is 5.16 Å². The Balaban J connectivity index is 1.88. The molecule has 0 atom stereocenters. The van der Waals surface area contributed by atoms with Crippen LogP contribution in [0.3, 0.4) is 0 Å². The summed E-state index contributed by atoms with van der Waals surface area (Å²) in [6.45, 7) is 2.45. The number of hydrogen-bond acceptors (Lipinski definition) is 5. The third kappa shape index (κ3) is 3.63. The SMILES string of the molecule is CO/N=C(\c1ccon1)c1ccccc1COc1cccc(C)c1. The third-order valence-electron chi connectivity index (χ3n) is 3.52. The van der Waals surface area contributed by atoms with Gasteiger partial charge in [0.25, 0.3) is 0 Å². The molecule has 5 heteroatoms. The quantitative estimate of drug-likeness (QED) is 0.509. The van der Waals surface area contributed by atoms with Crippen LogP contribution in [0.2, 0.25) is 0 Å². The van der Waals surface area contributed by atoms with Crippen molar-refractivity contribution in [1.29, 1.82) is 0 Å². The van der Waals surface area contributed by atoms with Crippen LogP contribution in [0.1, 0.15) is 22.4 Å². The molecule has 3 aromatic rings. The molecule has 0 radical (unpaired) electrons. The van der Waals surface area contributed by atoms with E-state index in [1.165, 1.54) is 13.4 Å². The van der Waals surface area contributed by atoms with Crippen molar-refractivity contribution in [1.82, 2.24) is 5.16 Å². The van der Waals surface area contributed by atoms with Gasteiger partial charge in [-0.25, -0.2) is 0 Å². The molecule has 3 rings (SSSR count). The van der Waals surface area contributed by atoms with Crippen LogP contribution in [0.5, 0.6) is 5.75 Å². The fraction of sp³-hybridized carbons (Fsp3) is 0.158. The zero-order valence-electron chi connectivity index (χ0n) is 13.6. The molecule has 0 aliphatic heterocycles. The average Bonchev–Trinajstić information content (AvgIpc) is 3.13. The number of nitrogens with zero attached hydrogens (tertiary/aromatic N) is 2. The lowest BCUT2D eigenvalue weighted by atomic mass is 10.0. The summed E-state index contributed by atoms with van der Waals surface area (Å²) in [4.78, 5) is 4.98. The summed E-state index contributed by atoms with van der Waals surface area (Å²) in [6, 6.07) is 17.6. The fourth-order valence-electron chi connectivity index (χ4n) is 2.40. The van der Waals surface area contributed by atoms with Crippen LogP contribution in [0.4, 0.5) is 0 Å². The Morgan fingerprint density at radius 2 is 2.00 bits per heavy atom. The Morgan fingerprint density at radius 3 is 2.75 bits per heavy atom. The van der Waals surface area contributed by atoms with Gasteiger partial charge in [-0.2, -0.15) is 0 Å². The minimum absolute atomic E-state index is 0.417. The highest BCUT2D eigenvalue weighted by molar-refractivity contribution is 6.12. The highest BCUT2D eigenvalue weighted by Crippen LogP contribution is 2.19. The lowest BCUT2D eigenvalue weighted by molar-refractivity contribution is 0.213. The van der Waals surface area contributed by atoms with E-state index in [0.717, 1.165) is 22.4 Å². The van der Waals surface area contributed by atoms with Crippen LogP contribution in [-0.2, 0) is 11.4 Å². The molecule has 0 spiro atoms. The van der Waals surface area contributed by atoms with Gasteiger partial charge in [-0.1, -0.05) is 46.7 Å². The minimum atomic E-state index is 0.417. The first-order valence-corrected chi connectivity index (χ1v) is 7.57. The summed E-state index contributed by atoms with van der Waals surface area (Å²) < 4.78 is 10.8. The van der Waals surface area contributed by atoms with Gasteiger partial charge < -0.3 is 14.1 Å².